The van der Waals surface area contributed by atoms with Gasteiger partial charge in [0.05, 0.1) is 24.8 Å². The van der Waals surface area contributed by atoms with E-state index in [4.69, 9.17) is 4.74 Å². The molecule has 2 rings (SSSR count). The van der Waals surface area contributed by atoms with E-state index in [1.54, 1.807) is 0 Å². The standard InChI is InChI=1S/C13H14F3NO2/c14-13(15,16)10-2-1-9(12(18)7-10)8-17-5-6-19-11-3-4-11/h1-2,7-8,11,18H,3-6H2. The summed E-state index contributed by atoms with van der Waals surface area (Å²) in [6.07, 6.45) is -0.571. The third kappa shape index (κ3) is 4.24. The van der Waals surface area contributed by atoms with E-state index in [-0.39, 0.29) is 5.56 Å². The van der Waals surface area contributed by atoms with Crippen LogP contribution in [0.1, 0.15) is 24.0 Å². The van der Waals surface area contributed by atoms with Gasteiger partial charge in [0.25, 0.3) is 0 Å². The van der Waals surface area contributed by atoms with Gasteiger partial charge in [-0.2, -0.15) is 13.2 Å². The molecule has 1 aliphatic rings. The molecule has 19 heavy (non-hydrogen) atoms. The molecule has 104 valence electrons. The Bertz CT molecular complexity index is 467. The molecule has 0 aliphatic heterocycles. The molecule has 1 saturated carbocycles. The molecule has 0 saturated heterocycles. The number of nitrogens with zero attached hydrogens (tertiary/aromatic N) is 1. The smallest absolute Gasteiger partial charge is 0.416 e. The zero-order chi connectivity index (χ0) is 13.9. The molecule has 6 heteroatoms. The number of aromatic hydroxyl groups is 1. The number of benzene rings is 1. The monoisotopic (exact) mass is 273 g/mol. The minimum Gasteiger partial charge on any atom is -0.507 e. The van der Waals surface area contributed by atoms with E-state index in [9.17, 15) is 18.3 Å². The van der Waals surface area contributed by atoms with Gasteiger partial charge in [-0.1, -0.05) is 0 Å². The number of rotatable bonds is 5. The van der Waals surface area contributed by atoms with Gasteiger partial charge in [-0.15, -0.1) is 0 Å². The lowest BCUT2D eigenvalue weighted by Crippen LogP contribution is -2.05. The molecular weight excluding hydrogens is 259 g/mol. The highest BCUT2D eigenvalue weighted by Crippen LogP contribution is 2.32. The van der Waals surface area contributed by atoms with Crippen LogP contribution in [0.25, 0.3) is 0 Å². The van der Waals surface area contributed by atoms with Gasteiger partial charge in [-0.25, -0.2) is 0 Å². The van der Waals surface area contributed by atoms with Gasteiger partial charge in [-0.05, 0) is 31.0 Å². The Morgan fingerprint density at radius 1 is 1.37 bits per heavy atom. The van der Waals surface area contributed by atoms with Crippen molar-refractivity contribution in [3.8, 4) is 5.75 Å². The SMILES string of the molecule is Oc1cc(C(F)(F)F)ccc1C=NCCOC1CC1. The first-order valence-electron chi connectivity index (χ1n) is 5.98. The topological polar surface area (TPSA) is 41.8 Å². The number of ether oxygens (including phenoxy) is 1. The summed E-state index contributed by atoms with van der Waals surface area (Å²) in [5.74, 6) is -0.429. The van der Waals surface area contributed by atoms with Gasteiger partial charge in [0, 0.05) is 11.8 Å². The van der Waals surface area contributed by atoms with E-state index in [2.05, 4.69) is 4.99 Å². The van der Waals surface area contributed by atoms with E-state index in [0.29, 0.717) is 25.3 Å². The van der Waals surface area contributed by atoms with Crippen molar-refractivity contribution in [3.05, 3.63) is 29.3 Å². The molecular formula is C13H14F3NO2. The second-order valence-corrected chi connectivity index (χ2v) is 4.38. The average molecular weight is 273 g/mol. The van der Waals surface area contributed by atoms with Crippen molar-refractivity contribution in [2.75, 3.05) is 13.2 Å². The molecule has 0 spiro atoms. The Morgan fingerprint density at radius 2 is 2.11 bits per heavy atom. The summed E-state index contributed by atoms with van der Waals surface area (Å²) < 4.78 is 42.5. The Morgan fingerprint density at radius 3 is 2.68 bits per heavy atom. The third-order valence-electron chi connectivity index (χ3n) is 2.69. The summed E-state index contributed by atoms with van der Waals surface area (Å²) in [7, 11) is 0. The second kappa shape index (κ2) is 5.61. The summed E-state index contributed by atoms with van der Waals surface area (Å²) in [4.78, 5) is 4.00. The highest BCUT2D eigenvalue weighted by atomic mass is 19.4. The van der Waals surface area contributed by atoms with Crippen molar-refractivity contribution in [2.24, 2.45) is 4.99 Å². The molecule has 0 radical (unpaired) electrons. The lowest BCUT2D eigenvalue weighted by molar-refractivity contribution is -0.137. The predicted molar refractivity (Wildman–Crippen MR) is 64.5 cm³/mol. The predicted octanol–water partition coefficient (Wildman–Crippen LogP) is 3.01. The molecule has 0 unspecified atom stereocenters. The molecule has 0 atom stereocenters. The van der Waals surface area contributed by atoms with Crippen molar-refractivity contribution in [2.45, 2.75) is 25.1 Å². The summed E-state index contributed by atoms with van der Waals surface area (Å²) >= 11 is 0. The average Bonchev–Trinajstić information content (AvgIpc) is 3.13. The quantitative estimate of drug-likeness (QED) is 0.662. The zero-order valence-electron chi connectivity index (χ0n) is 10.2. The first kappa shape index (κ1) is 13.9. The van der Waals surface area contributed by atoms with Gasteiger partial charge in [0.2, 0.25) is 0 Å². The fraction of sp³-hybridized carbons (Fsp3) is 0.462. The minimum absolute atomic E-state index is 0.263. The number of aliphatic imine (C=N–C) groups is 1. The van der Waals surface area contributed by atoms with Crippen molar-refractivity contribution in [1.29, 1.82) is 0 Å². The van der Waals surface area contributed by atoms with Crippen LogP contribution in [0.4, 0.5) is 13.2 Å². The van der Waals surface area contributed by atoms with Gasteiger partial charge in [0.1, 0.15) is 5.75 Å². The minimum atomic E-state index is -4.45. The van der Waals surface area contributed by atoms with E-state index in [1.807, 2.05) is 0 Å². The zero-order valence-corrected chi connectivity index (χ0v) is 10.2. The molecule has 1 fully saturated rings. The van der Waals surface area contributed by atoms with Crippen LogP contribution >= 0.6 is 0 Å². The molecule has 3 nitrogen and oxygen atoms in total. The number of hydrogen-bond donors (Lipinski definition) is 1. The maximum atomic E-state index is 12.4. The first-order valence-corrected chi connectivity index (χ1v) is 5.98. The fourth-order valence-electron chi connectivity index (χ4n) is 1.50. The number of halogens is 3. The fourth-order valence-corrected chi connectivity index (χ4v) is 1.50. The van der Waals surface area contributed by atoms with Crippen LogP contribution in [0.2, 0.25) is 0 Å². The maximum Gasteiger partial charge on any atom is 0.416 e. The maximum absolute atomic E-state index is 12.4. The number of phenolic OH excluding ortho intramolecular Hbond substituents is 1. The summed E-state index contributed by atoms with van der Waals surface area (Å²) in [6.45, 7) is 0.916. The van der Waals surface area contributed by atoms with Crippen LogP contribution < -0.4 is 0 Å². The first-order chi connectivity index (χ1) is 8.97. The molecule has 0 heterocycles. The van der Waals surface area contributed by atoms with Crippen LogP contribution in [0.5, 0.6) is 5.75 Å². The summed E-state index contributed by atoms with van der Waals surface area (Å²) in [5.41, 5.74) is -0.612. The van der Waals surface area contributed by atoms with Crippen molar-refractivity contribution < 1.29 is 23.0 Å². The number of alkyl halides is 3. The summed E-state index contributed by atoms with van der Waals surface area (Å²) in [5, 5.41) is 9.49. The second-order valence-electron chi connectivity index (χ2n) is 4.38. The number of hydrogen-bond acceptors (Lipinski definition) is 3. The highest BCUT2D eigenvalue weighted by molar-refractivity contribution is 5.83. The van der Waals surface area contributed by atoms with Crippen LogP contribution in [-0.4, -0.2) is 30.6 Å². The van der Waals surface area contributed by atoms with Crippen molar-refractivity contribution in [1.82, 2.24) is 0 Å². The van der Waals surface area contributed by atoms with E-state index >= 15 is 0 Å². The van der Waals surface area contributed by atoms with Crippen molar-refractivity contribution >= 4 is 6.21 Å². The number of phenols is 1. The van der Waals surface area contributed by atoms with Crippen LogP contribution in [-0.2, 0) is 10.9 Å². The normalized spacial score (nSPS) is 16.2. The third-order valence-corrected chi connectivity index (χ3v) is 2.69. The Hall–Kier alpha value is -1.56. The lowest BCUT2D eigenvalue weighted by atomic mass is 10.1. The highest BCUT2D eigenvalue weighted by Gasteiger charge is 2.30. The Kier molecular flexibility index (Phi) is 4.09. The molecule has 0 bridgehead atoms. The molecule has 1 aliphatic carbocycles. The van der Waals surface area contributed by atoms with Crippen LogP contribution in [0.15, 0.2) is 23.2 Å². The van der Waals surface area contributed by atoms with Gasteiger partial charge in [-0.3, -0.25) is 4.99 Å². The Labute approximate surface area is 108 Å². The van der Waals surface area contributed by atoms with Gasteiger partial charge >= 0.3 is 6.18 Å². The molecule has 0 aromatic heterocycles. The van der Waals surface area contributed by atoms with E-state index in [0.717, 1.165) is 18.9 Å². The largest absolute Gasteiger partial charge is 0.507 e. The van der Waals surface area contributed by atoms with Crippen LogP contribution in [0.3, 0.4) is 0 Å². The van der Waals surface area contributed by atoms with Crippen molar-refractivity contribution in [3.63, 3.8) is 0 Å². The molecule has 1 aromatic rings. The molecule has 1 N–H and O–H groups in total. The van der Waals surface area contributed by atoms with E-state index in [1.165, 1.54) is 12.3 Å². The van der Waals surface area contributed by atoms with Gasteiger partial charge < -0.3 is 9.84 Å². The molecule has 1 aromatic carbocycles. The van der Waals surface area contributed by atoms with E-state index < -0.39 is 17.5 Å². The van der Waals surface area contributed by atoms with Gasteiger partial charge in [0.15, 0.2) is 0 Å². The lowest BCUT2D eigenvalue weighted by Gasteiger charge is -2.07. The summed E-state index contributed by atoms with van der Waals surface area (Å²) in [6, 6.07) is 2.81. The van der Waals surface area contributed by atoms with Crippen LogP contribution in [0, 0.1) is 0 Å². The molecule has 0 amide bonds. The Balaban J connectivity index is 1.90.